The molecule has 0 aromatic heterocycles. The van der Waals surface area contributed by atoms with E-state index in [9.17, 15) is 24.2 Å². The first kappa shape index (κ1) is 19.4. The molecule has 0 spiro atoms. The third kappa shape index (κ3) is 6.16. The largest absolute Gasteiger partial charge is 0.481 e. The van der Waals surface area contributed by atoms with E-state index in [1.807, 2.05) is 30.3 Å². The highest BCUT2D eigenvalue weighted by Gasteiger charge is 2.39. The van der Waals surface area contributed by atoms with Gasteiger partial charge in [0, 0.05) is 18.2 Å². The summed E-state index contributed by atoms with van der Waals surface area (Å²) >= 11 is 0. The van der Waals surface area contributed by atoms with Crippen LogP contribution in [0.5, 0.6) is 0 Å². The van der Waals surface area contributed by atoms with Crippen LogP contribution in [0.15, 0.2) is 30.3 Å². The molecule has 6 nitrogen and oxygen atoms in total. The summed E-state index contributed by atoms with van der Waals surface area (Å²) in [6.45, 7) is 1.66. The first-order valence-corrected chi connectivity index (χ1v) is 9.49. The van der Waals surface area contributed by atoms with Crippen molar-refractivity contribution in [1.82, 2.24) is 0 Å². The molecule has 23 heavy (non-hydrogen) atoms. The summed E-state index contributed by atoms with van der Waals surface area (Å²) in [5.41, 5.74) is -0.0166. The Morgan fingerprint density at radius 3 is 2.26 bits per heavy atom. The topological polar surface area (TPSA) is 112 Å². The first-order valence-electron chi connectivity index (χ1n) is 7.58. The molecule has 0 aliphatic carbocycles. The van der Waals surface area contributed by atoms with Crippen molar-refractivity contribution in [3.05, 3.63) is 35.9 Å². The van der Waals surface area contributed by atoms with Crippen LogP contribution in [0.2, 0.25) is 0 Å². The molecule has 128 valence electrons. The fourth-order valence-electron chi connectivity index (χ4n) is 2.71. The Bertz CT molecular complexity index is 571. The Morgan fingerprint density at radius 1 is 1.17 bits per heavy atom. The van der Waals surface area contributed by atoms with E-state index < -0.39 is 30.9 Å². The molecular formula is C16H23O6P. The lowest BCUT2D eigenvalue weighted by atomic mass is 9.97. The van der Waals surface area contributed by atoms with Gasteiger partial charge in [-0.25, -0.2) is 0 Å². The minimum Gasteiger partial charge on any atom is -0.481 e. The number of benzene rings is 1. The van der Waals surface area contributed by atoms with Gasteiger partial charge in [0.1, 0.15) is 0 Å². The Kier molecular flexibility index (Phi) is 7.46. The third-order valence-electron chi connectivity index (χ3n) is 3.95. The number of carboxylic acid groups (broad SMARTS) is 2. The van der Waals surface area contributed by atoms with Crippen molar-refractivity contribution in [2.45, 2.75) is 38.3 Å². The zero-order valence-electron chi connectivity index (χ0n) is 13.1. The standard InChI is InChI=1S/C16H23O6P/c1-2-14(13(16(19)20)8-9-15(17)18)23(21,22)11-10-12-6-4-3-5-7-12/h3-7,13-14H,2,8-11H2,1H3,(H,17,18)(H,19,20)(H,21,22). The zero-order valence-corrected chi connectivity index (χ0v) is 14.0. The van der Waals surface area contributed by atoms with Gasteiger partial charge in [-0.05, 0) is 24.8 Å². The highest BCUT2D eigenvalue weighted by molar-refractivity contribution is 7.58. The van der Waals surface area contributed by atoms with Crippen LogP contribution < -0.4 is 0 Å². The Labute approximate surface area is 135 Å². The maximum Gasteiger partial charge on any atom is 0.307 e. The molecule has 1 aromatic rings. The van der Waals surface area contributed by atoms with E-state index in [0.29, 0.717) is 6.42 Å². The lowest BCUT2D eigenvalue weighted by Gasteiger charge is -2.27. The van der Waals surface area contributed by atoms with Gasteiger partial charge in [-0.15, -0.1) is 0 Å². The molecule has 0 saturated heterocycles. The van der Waals surface area contributed by atoms with Crippen LogP contribution >= 0.6 is 7.37 Å². The van der Waals surface area contributed by atoms with Gasteiger partial charge in [0.15, 0.2) is 0 Å². The number of hydrogen-bond donors (Lipinski definition) is 3. The molecule has 0 heterocycles. The van der Waals surface area contributed by atoms with Gasteiger partial charge in [0.2, 0.25) is 7.37 Å². The molecule has 1 aromatic carbocycles. The summed E-state index contributed by atoms with van der Waals surface area (Å²) in [6.07, 6.45) is 0.132. The van der Waals surface area contributed by atoms with Gasteiger partial charge in [-0.3, -0.25) is 14.2 Å². The molecule has 0 aliphatic heterocycles. The predicted octanol–water partition coefficient (Wildman–Crippen LogP) is 2.84. The second-order valence-electron chi connectivity index (χ2n) is 5.57. The molecule has 0 amide bonds. The minimum atomic E-state index is -3.71. The fourth-order valence-corrected chi connectivity index (χ4v) is 5.03. The molecule has 0 aliphatic rings. The lowest BCUT2D eigenvalue weighted by molar-refractivity contribution is -0.143. The van der Waals surface area contributed by atoms with Gasteiger partial charge in [0.05, 0.1) is 5.92 Å². The predicted molar refractivity (Wildman–Crippen MR) is 86.9 cm³/mol. The van der Waals surface area contributed by atoms with E-state index in [1.165, 1.54) is 0 Å². The maximum atomic E-state index is 12.7. The Morgan fingerprint density at radius 2 is 1.78 bits per heavy atom. The summed E-state index contributed by atoms with van der Waals surface area (Å²) in [5, 5.41) is 18.0. The van der Waals surface area contributed by atoms with Crippen molar-refractivity contribution in [2.75, 3.05) is 6.16 Å². The number of carbonyl (C=O) groups is 2. The van der Waals surface area contributed by atoms with Gasteiger partial charge in [0.25, 0.3) is 0 Å². The quantitative estimate of drug-likeness (QED) is 0.564. The molecule has 0 bridgehead atoms. The van der Waals surface area contributed by atoms with Gasteiger partial charge in [-0.2, -0.15) is 0 Å². The Balaban J connectivity index is 2.83. The molecule has 0 fully saturated rings. The third-order valence-corrected chi connectivity index (χ3v) is 6.58. The molecule has 3 atom stereocenters. The second kappa shape index (κ2) is 8.85. The van der Waals surface area contributed by atoms with Crippen LogP contribution in [0.4, 0.5) is 0 Å². The highest BCUT2D eigenvalue weighted by atomic mass is 31.2. The van der Waals surface area contributed by atoms with Crippen molar-refractivity contribution < 1.29 is 29.3 Å². The number of hydrogen-bond acceptors (Lipinski definition) is 3. The molecule has 7 heteroatoms. The van der Waals surface area contributed by atoms with Crippen molar-refractivity contribution in [2.24, 2.45) is 5.92 Å². The highest BCUT2D eigenvalue weighted by Crippen LogP contribution is 2.52. The molecular weight excluding hydrogens is 319 g/mol. The van der Waals surface area contributed by atoms with Crippen molar-refractivity contribution in [1.29, 1.82) is 0 Å². The van der Waals surface area contributed by atoms with E-state index in [0.717, 1.165) is 5.56 Å². The fraction of sp³-hybridized carbons (Fsp3) is 0.500. The van der Waals surface area contributed by atoms with E-state index in [4.69, 9.17) is 5.11 Å². The average molecular weight is 342 g/mol. The Hall–Kier alpha value is -1.65. The SMILES string of the molecule is CCC(C(CCC(=O)O)C(=O)O)P(=O)(O)CCc1ccccc1. The summed E-state index contributed by atoms with van der Waals surface area (Å²) in [7, 11) is -3.71. The molecule has 3 unspecified atom stereocenters. The number of aryl methyl sites for hydroxylation is 1. The van der Waals surface area contributed by atoms with Crippen molar-refractivity contribution in [3.8, 4) is 0 Å². The van der Waals surface area contributed by atoms with E-state index in [2.05, 4.69) is 0 Å². The average Bonchev–Trinajstić information content (AvgIpc) is 2.49. The van der Waals surface area contributed by atoms with Gasteiger partial charge >= 0.3 is 11.9 Å². The van der Waals surface area contributed by atoms with Crippen LogP contribution in [0.1, 0.15) is 31.7 Å². The zero-order chi connectivity index (χ0) is 17.5. The summed E-state index contributed by atoms with van der Waals surface area (Å²) in [5.74, 6) is -3.45. The first-order chi connectivity index (χ1) is 10.8. The van der Waals surface area contributed by atoms with Gasteiger partial charge in [-0.1, -0.05) is 37.3 Å². The van der Waals surface area contributed by atoms with E-state index >= 15 is 0 Å². The number of rotatable bonds is 10. The summed E-state index contributed by atoms with van der Waals surface area (Å²) in [4.78, 5) is 32.4. The van der Waals surface area contributed by atoms with Crippen molar-refractivity contribution in [3.63, 3.8) is 0 Å². The lowest BCUT2D eigenvalue weighted by Crippen LogP contribution is -2.29. The maximum absolute atomic E-state index is 12.7. The van der Waals surface area contributed by atoms with Crippen LogP contribution in [0, 0.1) is 5.92 Å². The van der Waals surface area contributed by atoms with Crippen LogP contribution in [-0.4, -0.2) is 38.9 Å². The normalized spacial score (nSPS) is 16.3. The molecule has 0 saturated carbocycles. The number of aliphatic carboxylic acids is 2. The van der Waals surface area contributed by atoms with Crippen LogP contribution in [0.3, 0.4) is 0 Å². The van der Waals surface area contributed by atoms with Crippen LogP contribution in [0.25, 0.3) is 0 Å². The van der Waals surface area contributed by atoms with Gasteiger partial charge < -0.3 is 15.1 Å². The number of carboxylic acids is 2. The molecule has 1 rings (SSSR count). The van der Waals surface area contributed by atoms with E-state index in [-0.39, 0.29) is 25.4 Å². The smallest absolute Gasteiger partial charge is 0.307 e. The summed E-state index contributed by atoms with van der Waals surface area (Å²) < 4.78 is 12.7. The monoisotopic (exact) mass is 342 g/mol. The van der Waals surface area contributed by atoms with E-state index in [1.54, 1.807) is 6.92 Å². The minimum absolute atomic E-state index is 0.00757. The van der Waals surface area contributed by atoms with Crippen LogP contribution in [-0.2, 0) is 20.6 Å². The summed E-state index contributed by atoms with van der Waals surface area (Å²) in [6, 6.07) is 9.22. The molecule has 0 radical (unpaired) electrons. The second-order valence-corrected chi connectivity index (χ2v) is 8.19. The molecule has 3 N–H and O–H groups in total. The van der Waals surface area contributed by atoms with Crippen molar-refractivity contribution >= 4 is 19.3 Å².